The SMILES string of the molecule is CCN(Cc1cnc(Nc2c(Cl)cc(Cl)cc2Cl)s1)CC1CC1. The van der Waals surface area contributed by atoms with Crippen molar-refractivity contribution in [1.82, 2.24) is 9.88 Å². The van der Waals surface area contributed by atoms with Crippen LogP contribution >= 0.6 is 46.1 Å². The number of nitrogens with one attached hydrogen (secondary N) is 1. The van der Waals surface area contributed by atoms with E-state index in [0.29, 0.717) is 20.8 Å². The summed E-state index contributed by atoms with van der Waals surface area (Å²) in [6.45, 7) is 5.39. The number of hydrogen-bond donors (Lipinski definition) is 1. The van der Waals surface area contributed by atoms with Gasteiger partial charge in [0.2, 0.25) is 0 Å². The molecule has 1 aliphatic rings. The maximum Gasteiger partial charge on any atom is 0.187 e. The van der Waals surface area contributed by atoms with Crippen LogP contribution in [0.2, 0.25) is 15.1 Å². The Morgan fingerprint density at radius 1 is 1.26 bits per heavy atom. The van der Waals surface area contributed by atoms with Gasteiger partial charge in [0.15, 0.2) is 5.13 Å². The van der Waals surface area contributed by atoms with Crippen molar-refractivity contribution in [3.63, 3.8) is 0 Å². The average molecular weight is 391 g/mol. The van der Waals surface area contributed by atoms with Crippen molar-refractivity contribution in [2.24, 2.45) is 5.92 Å². The molecule has 124 valence electrons. The number of rotatable bonds is 7. The van der Waals surface area contributed by atoms with Crippen molar-refractivity contribution in [3.8, 4) is 0 Å². The summed E-state index contributed by atoms with van der Waals surface area (Å²) < 4.78 is 0. The summed E-state index contributed by atoms with van der Waals surface area (Å²) in [7, 11) is 0. The second-order valence-electron chi connectivity index (χ2n) is 5.77. The summed E-state index contributed by atoms with van der Waals surface area (Å²) in [5, 5.41) is 5.48. The van der Waals surface area contributed by atoms with E-state index in [9.17, 15) is 0 Å². The quantitative estimate of drug-likeness (QED) is 0.621. The van der Waals surface area contributed by atoms with Gasteiger partial charge < -0.3 is 5.32 Å². The summed E-state index contributed by atoms with van der Waals surface area (Å²) in [5.74, 6) is 0.896. The second kappa shape index (κ2) is 7.58. The molecule has 1 aliphatic carbocycles. The molecule has 0 aliphatic heterocycles. The smallest absolute Gasteiger partial charge is 0.187 e. The first-order valence-electron chi connectivity index (χ1n) is 7.63. The molecule has 0 saturated heterocycles. The van der Waals surface area contributed by atoms with Crippen LogP contribution in [0.3, 0.4) is 0 Å². The van der Waals surface area contributed by atoms with Crippen LogP contribution in [0.5, 0.6) is 0 Å². The topological polar surface area (TPSA) is 28.2 Å². The number of nitrogens with zero attached hydrogens (tertiary/aromatic N) is 2. The summed E-state index contributed by atoms with van der Waals surface area (Å²) in [5.41, 5.74) is 0.643. The van der Waals surface area contributed by atoms with Crippen LogP contribution in [0.1, 0.15) is 24.6 Å². The third-order valence-electron chi connectivity index (χ3n) is 3.83. The largest absolute Gasteiger partial charge is 0.329 e. The van der Waals surface area contributed by atoms with Crippen LogP contribution in [0.25, 0.3) is 0 Å². The van der Waals surface area contributed by atoms with E-state index in [1.807, 2.05) is 6.20 Å². The Balaban J connectivity index is 1.67. The maximum atomic E-state index is 6.20. The molecule has 0 spiro atoms. The van der Waals surface area contributed by atoms with Crippen LogP contribution in [0.4, 0.5) is 10.8 Å². The number of aromatic nitrogens is 1. The van der Waals surface area contributed by atoms with Crippen LogP contribution in [-0.4, -0.2) is 23.0 Å². The Morgan fingerprint density at radius 2 is 1.96 bits per heavy atom. The van der Waals surface area contributed by atoms with Gasteiger partial charge in [-0.05, 0) is 37.4 Å². The van der Waals surface area contributed by atoms with Crippen LogP contribution < -0.4 is 5.32 Å². The molecule has 1 saturated carbocycles. The molecule has 0 atom stereocenters. The molecule has 1 fully saturated rings. The first-order chi connectivity index (χ1) is 11.0. The Kier molecular flexibility index (Phi) is 5.70. The first-order valence-corrected chi connectivity index (χ1v) is 9.58. The monoisotopic (exact) mass is 389 g/mol. The fraction of sp³-hybridized carbons (Fsp3) is 0.438. The van der Waals surface area contributed by atoms with E-state index in [0.717, 1.165) is 24.1 Å². The molecule has 0 bridgehead atoms. The predicted octanol–water partition coefficient (Wildman–Crippen LogP) is 6.08. The first kappa shape index (κ1) is 17.3. The van der Waals surface area contributed by atoms with E-state index < -0.39 is 0 Å². The lowest BCUT2D eigenvalue weighted by Crippen LogP contribution is -2.24. The van der Waals surface area contributed by atoms with Crippen LogP contribution in [0, 0.1) is 5.92 Å². The van der Waals surface area contributed by atoms with Gasteiger partial charge >= 0.3 is 0 Å². The fourth-order valence-corrected chi connectivity index (χ4v) is 4.17. The summed E-state index contributed by atoms with van der Waals surface area (Å²) in [4.78, 5) is 8.13. The standard InChI is InChI=1S/C16H18Cl3N3S/c1-2-22(8-10-3-4-10)9-12-7-20-16(23-12)21-15-13(18)5-11(17)6-14(15)19/h5-7,10H,2-4,8-9H2,1H3,(H,20,21). The molecule has 0 amide bonds. The lowest BCUT2D eigenvalue weighted by atomic mass is 10.3. The van der Waals surface area contributed by atoms with E-state index in [4.69, 9.17) is 34.8 Å². The van der Waals surface area contributed by atoms with Crippen molar-refractivity contribution in [2.45, 2.75) is 26.3 Å². The molecular weight excluding hydrogens is 373 g/mol. The lowest BCUT2D eigenvalue weighted by Gasteiger charge is -2.18. The van der Waals surface area contributed by atoms with E-state index in [-0.39, 0.29) is 0 Å². The van der Waals surface area contributed by atoms with Crippen molar-refractivity contribution in [1.29, 1.82) is 0 Å². The molecule has 7 heteroatoms. The molecule has 23 heavy (non-hydrogen) atoms. The molecule has 1 aromatic carbocycles. The minimum atomic E-state index is 0.489. The van der Waals surface area contributed by atoms with E-state index in [1.54, 1.807) is 23.5 Å². The number of halogens is 3. The van der Waals surface area contributed by atoms with E-state index in [2.05, 4.69) is 22.1 Å². The normalized spacial score (nSPS) is 14.5. The number of hydrogen-bond acceptors (Lipinski definition) is 4. The Morgan fingerprint density at radius 3 is 2.57 bits per heavy atom. The molecule has 3 nitrogen and oxygen atoms in total. The third-order valence-corrected chi connectivity index (χ3v) is 5.54. The fourth-order valence-electron chi connectivity index (χ4n) is 2.40. The molecule has 1 aromatic heterocycles. The molecule has 0 radical (unpaired) electrons. The van der Waals surface area contributed by atoms with Crippen molar-refractivity contribution in [2.75, 3.05) is 18.4 Å². The molecular formula is C16H18Cl3N3S. The predicted molar refractivity (Wildman–Crippen MR) is 101 cm³/mol. The molecule has 0 unspecified atom stereocenters. The van der Waals surface area contributed by atoms with Gasteiger partial charge in [0.1, 0.15) is 0 Å². The van der Waals surface area contributed by atoms with Gasteiger partial charge in [0.05, 0.1) is 15.7 Å². The maximum absolute atomic E-state index is 6.20. The van der Waals surface area contributed by atoms with Crippen molar-refractivity contribution in [3.05, 3.63) is 38.3 Å². The third kappa shape index (κ3) is 4.74. The van der Waals surface area contributed by atoms with Crippen molar-refractivity contribution < 1.29 is 0 Å². The highest BCUT2D eigenvalue weighted by molar-refractivity contribution is 7.15. The zero-order valence-electron chi connectivity index (χ0n) is 12.8. The summed E-state index contributed by atoms with van der Waals surface area (Å²) in [6, 6.07) is 3.33. The molecule has 2 aromatic rings. The van der Waals surface area contributed by atoms with E-state index >= 15 is 0 Å². The van der Waals surface area contributed by atoms with Gasteiger partial charge in [-0.1, -0.05) is 41.7 Å². The van der Waals surface area contributed by atoms with Gasteiger partial charge in [0, 0.05) is 29.2 Å². The van der Waals surface area contributed by atoms with Gasteiger partial charge in [-0.15, -0.1) is 11.3 Å². The van der Waals surface area contributed by atoms with Gasteiger partial charge in [0.25, 0.3) is 0 Å². The van der Waals surface area contributed by atoms with Crippen LogP contribution in [-0.2, 0) is 6.54 Å². The number of benzene rings is 1. The lowest BCUT2D eigenvalue weighted by molar-refractivity contribution is 0.270. The minimum Gasteiger partial charge on any atom is -0.329 e. The summed E-state index contributed by atoms with van der Waals surface area (Å²) in [6.07, 6.45) is 4.67. The Labute approximate surface area is 155 Å². The van der Waals surface area contributed by atoms with Crippen molar-refractivity contribution >= 4 is 57.0 Å². The van der Waals surface area contributed by atoms with Crippen LogP contribution in [0.15, 0.2) is 18.3 Å². The second-order valence-corrected chi connectivity index (χ2v) is 8.14. The highest BCUT2D eigenvalue weighted by Crippen LogP contribution is 2.37. The van der Waals surface area contributed by atoms with Gasteiger partial charge in [-0.3, -0.25) is 4.90 Å². The minimum absolute atomic E-state index is 0.489. The van der Waals surface area contributed by atoms with Gasteiger partial charge in [-0.25, -0.2) is 4.98 Å². The Bertz CT molecular complexity index is 662. The average Bonchev–Trinajstić information content (AvgIpc) is 3.20. The zero-order valence-corrected chi connectivity index (χ0v) is 15.9. The number of thiazole rings is 1. The highest BCUT2D eigenvalue weighted by atomic mass is 35.5. The summed E-state index contributed by atoms with van der Waals surface area (Å²) >= 11 is 20.0. The molecule has 1 N–H and O–H groups in total. The number of anilines is 2. The molecule has 1 heterocycles. The zero-order chi connectivity index (χ0) is 16.4. The van der Waals surface area contributed by atoms with E-state index in [1.165, 1.54) is 24.3 Å². The highest BCUT2D eigenvalue weighted by Gasteiger charge is 2.24. The van der Waals surface area contributed by atoms with Gasteiger partial charge in [-0.2, -0.15) is 0 Å². The Hall–Kier alpha value is -0.520. The molecule has 3 rings (SSSR count).